The van der Waals surface area contributed by atoms with Crippen molar-refractivity contribution in [2.75, 3.05) is 18.9 Å². The van der Waals surface area contributed by atoms with Gasteiger partial charge in [-0.15, -0.1) is 0 Å². The molecule has 0 spiro atoms. The van der Waals surface area contributed by atoms with Gasteiger partial charge < -0.3 is 10.2 Å². The third kappa shape index (κ3) is 4.89. The lowest BCUT2D eigenvalue weighted by Gasteiger charge is -2.18. The number of rotatable bonds is 4. The van der Waals surface area contributed by atoms with Crippen LogP contribution in [0.15, 0.2) is 42.5 Å². The Labute approximate surface area is 157 Å². The van der Waals surface area contributed by atoms with E-state index in [0.29, 0.717) is 0 Å². The number of para-hydroxylation sites is 1. The standard InChI is InChI=1S/C17H13Cl2F3N2O2/c1-24(9-14(25)23-15-12(18)3-2-4-13(15)19)16(26)10-5-7-11(8-6-10)17(20,21)22/h2-8H,9H2,1H3,(H,23,25). The van der Waals surface area contributed by atoms with Crippen LogP contribution in [0.3, 0.4) is 0 Å². The van der Waals surface area contributed by atoms with E-state index < -0.39 is 23.6 Å². The summed E-state index contributed by atoms with van der Waals surface area (Å²) in [4.78, 5) is 25.4. The predicted octanol–water partition coefficient (Wildman–Crippen LogP) is 4.72. The molecule has 0 fully saturated rings. The van der Waals surface area contributed by atoms with E-state index in [4.69, 9.17) is 23.2 Å². The molecule has 0 aliphatic carbocycles. The minimum Gasteiger partial charge on any atom is -0.332 e. The van der Waals surface area contributed by atoms with Gasteiger partial charge in [0.2, 0.25) is 5.91 Å². The summed E-state index contributed by atoms with van der Waals surface area (Å²) in [7, 11) is 1.35. The second-order valence-electron chi connectivity index (χ2n) is 5.38. The van der Waals surface area contributed by atoms with E-state index in [1.54, 1.807) is 18.2 Å². The average Bonchev–Trinajstić information content (AvgIpc) is 2.57. The third-order valence-electron chi connectivity index (χ3n) is 3.41. The molecule has 2 amide bonds. The average molecular weight is 405 g/mol. The zero-order chi connectivity index (χ0) is 19.5. The van der Waals surface area contributed by atoms with Crippen molar-refractivity contribution in [3.63, 3.8) is 0 Å². The summed E-state index contributed by atoms with van der Waals surface area (Å²) in [5.41, 5.74) is -0.608. The van der Waals surface area contributed by atoms with Crippen molar-refractivity contribution in [1.82, 2.24) is 4.90 Å². The van der Waals surface area contributed by atoms with Gasteiger partial charge >= 0.3 is 6.18 Å². The Morgan fingerprint density at radius 2 is 1.58 bits per heavy atom. The molecule has 0 saturated heterocycles. The van der Waals surface area contributed by atoms with Crippen LogP contribution in [0.25, 0.3) is 0 Å². The largest absolute Gasteiger partial charge is 0.416 e. The van der Waals surface area contributed by atoms with Gasteiger partial charge in [-0.1, -0.05) is 29.3 Å². The highest BCUT2D eigenvalue weighted by Gasteiger charge is 2.30. The first kappa shape index (κ1) is 20.1. The third-order valence-corrected chi connectivity index (χ3v) is 4.04. The highest BCUT2D eigenvalue weighted by atomic mass is 35.5. The number of hydrogen-bond acceptors (Lipinski definition) is 2. The van der Waals surface area contributed by atoms with E-state index in [9.17, 15) is 22.8 Å². The maximum Gasteiger partial charge on any atom is 0.416 e. The molecule has 0 bridgehead atoms. The zero-order valence-corrected chi connectivity index (χ0v) is 14.9. The zero-order valence-electron chi connectivity index (χ0n) is 13.4. The summed E-state index contributed by atoms with van der Waals surface area (Å²) in [6.07, 6.45) is -4.48. The number of amides is 2. The second-order valence-corrected chi connectivity index (χ2v) is 6.20. The second kappa shape index (κ2) is 7.97. The van der Waals surface area contributed by atoms with E-state index in [0.717, 1.165) is 29.2 Å². The minimum atomic E-state index is -4.48. The van der Waals surface area contributed by atoms with Gasteiger partial charge in [0, 0.05) is 12.6 Å². The first-order valence-corrected chi connectivity index (χ1v) is 8.02. The number of hydrogen-bond donors (Lipinski definition) is 1. The number of anilines is 1. The molecular formula is C17H13Cl2F3N2O2. The Kier molecular flexibility index (Phi) is 6.15. The van der Waals surface area contributed by atoms with Crippen LogP contribution in [0.1, 0.15) is 15.9 Å². The summed E-state index contributed by atoms with van der Waals surface area (Å²) < 4.78 is 37.7. The molecule has 0 radical (unpaired) electrons. The van der Waals surface area contributed by atoms with Crippen LogP contribution < -0.4 is 5.32 Å². The molecule has 0 unspecified atom stereocenters. The molecule has 0 aliphatic heterocycles. The molecular weight excluding hydrogens is 392 g/mol. The van der Waals surface area contributed by atoms with Crippen molar-refractivity contribution in [3.05, 3.63) is 63.6 Å². The molecule has 1 N–H and O–H groups in total. The summed E-state index contributed by atoms with van der Waals surface area (Å²) in [6.45, 7) is -0.332. The Balaban J connectivity index is 2.03. The highest BCUT2D eigenvalue weighted by molar-refractivity contribution is 6.39. The monoisotopic (exact) mass is 404 g/mol. The molecule has 2 aromatic rings. The van der Waals surface area contributed by atoms with Gasteiger partial charge in [-0.3, -0.25) is 9.59 Å². The van der Waals surface area contributed by atoms with E-state index >= 15 is 0 Å². The van der Waals surface area contributed by atoms with Gasteiger partial charge in [-0.25, -0.2) is 0 Å². The first-order valence-electron chi connectivity index (χ1n) is 7.26. The number of nitrogens with one attached hydrogen (secondary N) is 1. The molecule has 0 saturated carbocycles. The summed E-state index contributed by atoms with van der Waals surface area (Å²) in [6, 6.07) is 8.44. The Morgan fingerprint density at radius 1 is 1.04 bits per heavy atom. The normalized spacial score (nSPS) is 11.2. The summed E-state index contributed by atoms with van der Waals surface area (Å²) in [5, 5.41) is 2.98. The lowest BCUT2D eigenvalue weighted by atomic mass is 10.1. The smallest absolute Gasteiger partial charge is 0.332 e. The van der Waals surface area contributed by atoms with Gasteiger partial charge in [0.15, 0.2) is 0 Å². The van der Waals surface area contributed by atoms with Crippen LogP contribution in [0.4, 0.5) is 18.9 Å². The van der Waals surface area contributed by atoms with Crippen molar-refractivity contribution < 1.29 is 22.8 Å². The molecule has 0 atom stereocenters. The Morgan fingerprint density at radius 3 is 2.08 bits per heavy atom. The fourth-order valence-electron chi connectivity index (χ4n) is 2.11. The van der Waals surface area contributed by atoms with Crippen LogP contribution in [-0.2, 0) is 11.0 Å². The molecule has 2 aromatic carbocycles. The Hall–Kier alpha value is -2.25. The molecule has 0 heterocycles. The number of carbonyl (C=O) groups is 2. The summed E-state index contributed by atoms with van der Waals surface area (Å²) in [5.74, 6) is -1.15. The quantitative estimate of drug-likeness (QED) is 0.800. The maximum atomic E-state index is 12.6. The Bertz CT molecular complexity index is 803. The molecule has 0 aliphatic rings. The van der Waals surface area contributed by atoms with Gasteiger partial charge in [-0.2, -0.15) is 13.2 Å². The highest BCUT2D eigenvalue weighted by Crippen LogP contribution is 2.30. The van der Waals surface area contributed by atoms with Crippen LogP contribution in [0.5, 0.6) is 0 Å². The van der Waals surface area contributed by atoms with Crippen molar-refractivity contribution in [2.24, 2.45) is 0 Å². The lowest BCUT2D eigenvalue weighted by molar-refractivity contribution is -0.137. The van der Waals surface area contributed by atoms with E-state index in [-0.39, 0.29) is 27.8 Å². The number of alkyl halides is 3. The predicted molar refractivity (Wildman–Crippen MR) is 93.5 cm³/mol. The van der Waals surface area contributed by atoms with Crippen LogP contribution in [0, 0.1) is 0 Å². The van der Waals surface area contributed by atoms with Crippen LogP contribution >= 0.6 is 23.2 Å². The molecule has 138 valence electrons. The minimum absolute atomic E-state index is 0.0316. The fourth-order valence-corrected chi connectivity index (χ4v) is 2.60. The number of benzene rings is 2. The number of nitrogens with zero attached hydrogens (tertiary/aromatic N) is 1. The molecule has 4 nitrogen and oxygen atoms in total. The molecule has 2 rings (SSSR count). The van der Waals surface area contributed by atoms with Gasteiger partial charge in [0.05, 0.1) is 27.8 Å². The van der Waals surface area contributed by atoms with Crippen molar-refractivity contribution in [1.29, 1.82) is 0 Å². The fraction of sp³-hybridized carbons (Fsp3) is 0.176. The first-order chi connectivity index (χ1) is 12.1. The SMILES string of the molecule is CN(CC(=O)Nc1c(Cl)cccc1Cl)C(=O)c1ccc(C(F)(F)F)cc1. The van der Waals surface area contributed by atoms with Crippen LogP contribution in [-0.4, -0.2) is 30.3 Å². The molecule has 26 heavy (non-hydrogen) atoms. The van der Waals surface area contributed by atoms with Gasteiger partial charge in [0.1, 0.15) is 0 Å². The topological polar surface area (TPSA) is 49.4 Å². The van der Waals surface area contributed by atoms with Crippen molar-refractivity contribution in [2.45, 2.75) is 6.18 Å². The lowest BCUT2D eigenvalue weighted by Crippen LogP contribution is -2.35. The van der Waals surface area contributed by atoms with Gasteiger partial charge in [0.25, 0.3) is 5.91 Å². The summed E-state index contributed by atoms with van der Waals surface area (Å²) >= 11 is 11.9. The van der Waals surface area contributed by atoms with E-state index in [1.165, 1.54) is 7.05 Å². The molecule has 0 aromatic heterocycles. The van der Waals surface area contributed by atoms with E-state index in [2.05, 4.69) is 5.32 Å². The van der Waals surface area contributed by atoms with E-state index in [1.807, 2.05) is 0 Å². The van der Waals surface area contributed by atoms with Crippen molar-refractivity contribution in [3.8, 4) is 0 Å². The number of likely N-dealkylation sites (N-methyl/N-ethyl adjacent to an activating group) is 1. The van der Waals surface area contributed by atoms with Gasteiger partial charge in [-0.05, 0) is 36.4 Å². The van der Waals surface area contributed by atoms with Crippen molar-refractivity contribution >= 4 is 40.7 Å². The maximum absolute atomic E-state index is 12.6. The number of carbonyl (C=O) groups excluding carboxylic acids is 2. The molecule has 9 heteroatoms. The number of halogens is 5. The van der Waals surface area contributed by atoms with Crippen LogP contribution in [0.2, 0.25) is 10.0 Å².